The summed E-state index contributed by atoms with van der Waals surface area (Å²) in [6, 6.07) is -0.0982. The Morgan fingerprint density at radius 1 is 1.12 bits per heavy atom. The number of carbonyl (C=O) groups is 2. The Kier molecular flexibility index (Phi) is 8.03. The lowest BCUT2D eigenvalue weighted by Crippen LogP contribution is -2.53. The van der Waals surface area contributed by atoms with E-state index in [4.69, 9.17) is 0 Å². The first kappa shape index (κ1) is 19.2. The van der Waals surface area contributed by atoms with E-state index in [1.54, 1.807) is 0 Å². The van der Waals surface area contributed by atoms with Gasteiger partial charge in [0.15, 0.2) is 0 Å². The minimum absolute atomic E-state index is 0.0458. The lowest BCUT2D eigenvalue weighted by atomic mass is 9.87. The molecule has 24 heavy (non-hydrogen) atoms. The van der Waals surface area contributed by atoms with Crippen LogP contribution in [0.3, 0.4) is 0 Å². The largest absolute Gasteiger partial charge is 0.345 e. The summed E-state index contributed by atoms with van der Waals surface area (Å²) in [5, 5.41) is 6.31. The Balaban J connectivity index is 1.84. The summed E-state index contributed by atoms with van der Waals surface area (Å²) in [7, 11) is 0. The Bertz CT molecular complexity index is 401. The van der Waals surface area contributed by atoms with Crippen LogP contribution in [0.2, 0.25) is 0 Å². The maximum absolute atomic E-state index is 12.9. The molecule has 2 fully saturated rings. The molecule has 0 bridgehead atoms. The van der Waals surface area contributed by atoms with Crippen molar-refractivity contribution in [3.8, 4) is 0 Å². The van der Waals surface area contributed by atoms with E-state index in [9.17, 15) is 9.59 Å². The van der Waals surface area contributed by atoms with Gasteiger partial charge in [0, 0.05) is 19.0 Å². The van der Waals surface area contributed by atoms with Crippen LogP contribution < -0.4 is 10.6 Å². The van der Waals surface area contributed by atoms with Gasteiger partial charge in [-0.1, -0.05) is 26.2 Å². The van der Waals surface area contributed by atoms with E-state index in [0.717, 1.165) is 51.7 Å². The van der Waals surface area contributed by atoms with Crippen molar-refractivity contribution < 1.29 is 9.59 Å². The molecule has 2 rings (SSSR count). The van der Waals surface area contributed by atoms with E-state index in [1.165, 1.54) is 19.3 Å². The standard InChI is InChI=1S/C19H35N3O2/c1-3-13-22(17-9-11-20-12-10-17)19(24)15(2)21-18(23)14-16-7-5-4-6-8-16/h15-17,20H,3-14H2,1-2H3,(H,21,23). The first-order valence-corrected chi connectivity index (χ1v) is 9.92. The van der Waals surface area contributed by atoms with Gasteiger partial charge in [-0.25, -0.2) is 0 Å². The molecule has 0 radical (unpaired) electrons. The van der Waals surface area contributed by atoms with Gasteiger partial charge in [0.25, 0.3) is 0 Å². The van der Waals surface area contributed by atoms with Crippen LogP contribution in [0.15, 0.2) is 0 Å². The van der Waals surface area contributed by atoms with Crippen molar-refractivity contribution in [1.29, 1.82) is 0 Å². The molecule has 1 heterocycles. The van der Waals surface area contributed by atoms with Gasteiger partial charge < -0.3 is 15.5 Å². The van der Waals surface area contributed by atoms with Crippen molar-refractivity contribution in [3.05, 3.63) is 0 Å². The van der Waals surface area contributed by atoms with Gasteiger partial charge in [-0.05, 0) is 58.0 Å². The van der Waals surface area contributed by atoms with E-state index >= 15 is 0 Å². The summed E-state index contributed by atoms with van der Waals surface area (Å²) in [5.74, 6) is 0.641. The van der Waals surface area contributed by atoms with E-state index in [2.05, 4.69) is 17.6 Å². The van der Waals surface area contributed by atoms with E-state index in [1.807, 2.05) is 11.8 Å². The topological polar surface area (TPSA) is 61.4 Å². The number of nitrogens with zero attached hydrogens (tertiary/aromatic N) is 1. The molecular weight excluding hydrogens is 302 g/mol. The maximum Gasteiger partial charge on any atom is 0.245 e. The molecule has 1 aliphatic heterocycles. The lowest BCUT2D eigenvalue weighted by Gasteiger charge is -2.36. The zero-order valence-corrected chi connectivity index (χ0v) is 15.5. The maximum atomic E-state index is 12.9. The summed E-state index contributed by atoms with van der Waals surface area (Å²) >= 11 is 0. The lowest BCUT2D eigenvalue weighted by molar-refractivity contribution is -0.138. The fourth-order valence-electron chi connectivity index (χ4n) is 4.10. The van der Waals surface area contributed by atoms with Gasteiger partial charge in [-0.3, -0.25) is 9.59 Å². The highest BCUT2D eigenvalue weighted by Gasteiger charge is 2.29. The average molecular weight is 338 g/mol. The van der Waals surface area contributed by atoms with Gasteiger partial charge >= 0.3 is 0 Å². The molecule has 2 N–H and O–H groups in total. The van der Waals surface area contributed by atoms with Gasteiger partial charge in [0.2, 0.25) is 11.8 Å². The minimum atomic E-state index is -0.414. The second kappa shape index (κ2) is 10.0. The zero-order chi connectivity index (χ0) is 17.4. The molecule has 0 aromatic heterocycles. The molecule has 1 atom stereocenters. The molecule has 1 saturated carbocycles. The van der Waals surface area contributed by atoms with Crippen molar-refractivity contribution in [1.82, 2.24) is 15.5 Å². The first-order valence-electron chi connectivity index (χ1n) is 9.92. The predicted molar refractivity (Wildman–Crippen MR) is 96.7 cm³/mol. The van der Waals surface area contributed by atoms with Crippen molar-refractivity contribution in [2.75, 3.05) is 19.6 Å². The number of carbonyl (C=O) groups excluding carboxylic acids is 2. The van der Waals surface area contributed by atoms with Crippen LogP contribution in [0.1, 0.15) is 71.6 Å². The highest BCUT2D eigenvalue weighted by molar-refractivity contribution is 5.87. The van der Waals surface area contributed by atoms with Crippen molar-refractivity contribution in [2.24, 2.45) is 5.92 Å². The van der Waals surface area contributed by atoms with Crippen LogP contribution in [-0.4, -0.2) is 48.4 Å². The van der Waals surface area contributed by atoms with Gasteiger partial charge in [0.1, 0.15) is 6.04 Å². The third-order valence-corrected chi connectivity index (χ3v) is 5.44. The number of piperidine rings is 1. The molecule has 0 aromatic carbocycles. The molecule has 138 valence electrons. The smallest absolute Gasteiger partial charge is 0.245 e. The van der Waals surface area contributed by atoms with Crippen molar-refractivity contribution >= 4 is 11.8 Å². The number of hydrogen-bond donors (Lipinski definition) is 2. The summed E-state index contributed by atoms with van der Waals surface area (Å²) < 4.78 is 0. The second-order valence-electron chi connectivity index (χ2n) is 7.51. The third kappa shape index (κ3) is 5.76. The quantitative estimate of drug-likeness (QED) is 0.750. The van der Waals surface area contributed by atoms with E-state index in [0.29, 0.717) is 18.4 Å². The number of rotatable bonds is 7. The summed E-state index contributed by atoms with van der Waals surface area (Å²) in [6.45, 7) is 6.67. The second-order valence-corrected chi connectivity index (χ2v) is 7.51. The number of nitrogens with one attached hydrogen (secondary N) is 2. The molecule has 5 heteroatoms. The first-order chi connectivity index (χ1) is 11.6. The normalized spacial score (nSPS) is 21.2. The number of amides is 2. The number of hydrogen-bond acceptors (Lipinski definition) is 3. The van der Waals surface area contributed by atoms with Crippen molar-refractivity contribution in [3.63, 3.8) is 0 Å². The average Bonchev–Trinajstić information content (AvgIpc) is 2.60. The Morgan fingerprint density at radius 2 is 1.79 bits per heavy atom. The van der Waals surface area contributed by atoms with Crippen LogP contribution in [0.25, 0.3) is 0 Å². The van der Waals surface area contributed by atoms with Crippen LogP contribution in [-0.2, 0) is 9.59 Å². The van der Waals surface area contributed by atoms with Crippen LogP contribution in [0.5, 0.6) is 0 Å². The van der Waals surface area contributed by atoms with Gasteiger partial charge in [-0.2, -0.15) is 0 Å². The Labute approximate surface area is 146 Å². The molecule has 1 aliphatic carbocycles. The minimum Gasteiger partial charge on any atom is -0.345 e. The molecule has 2 amide bonds. The summed E-state index contributed by atoms with van der Waals surface area (Å²) in [5.41, 5.74) is 0. The SMILES string of the molecule is CCCN(C(=O)C(C)NC(=O)CC1CCCCC1)C1CCNCC1. The fourth-order valence-corrected chi connectivity index (χ4v) is 4.10. The van der Waals surface area contributed by atoms with E-state index in [-0.39, 0.29) is 11.8 Å². The van der Waals surface area contributed by atoms with Crippen LogP contribution in [0, 0.1) is 5.92 Å². The van der Waals surface area contributed by atoms with Crippen LogP contribution in [0.4, 0.5) is 0 Å². The van der Waals surface area contributed by atoms with Gasteiger partial charge in [-0.15, -0.1) is 0 Å². The highest BCUT2D eigenvalue weighted by atomic mass is 16.2. The van der Waals surface area contributed by atoms with Gasteiger partial charge in [0.05, 0.1) is 0 Å². The summed E-state index contributed by atoms with van der Waals surface area (Å²) in [4.78, 5) is 27.1. The van der Waals surface area contributed by atoms with E-state index < -0.39 is 6.04 Å². The Hall–Kier alpha value is -1.10. The molecular formula is C19H35N3O2. The molecule has 1 saturated heterocycles. The third-order valence-electron chi connectivity index (χ3n) is 5.44. The molecule has 5 nitrogen and oxygen atoms in total. The monoisotopic (exact) mass is 337 g/mol. The zero-order valence-electron chi connectivity index (χ0n) is 15.5. The summed E-state index contributed by atoms with van der Waals surface area (Å²) in [6.07, 6.45) is 9.66. The van der Waals surface area contributed by atoms with Crippen molar-refractivity contribution in [2.45, 2.75) is 83.7 Å². The predicted octanol–water partition coefficient (Wildman–Crippen LogP) is 2.45. The van der Waals surface area contributed by atoms with Crippen LogP contribution >= 0.6 is 0 Å². The molecule has 2 aliphatic rings. The fraction of sp³-hybridized carbons (Fsp3) is 0.895. The highest BCUT2D eigenvalue weighted by Crippen LogP contribution is 2.26. The molecule has 0 spiro atoms. The Morgan fingerprint density at radius 3 is 2.42 bits per heavy atom. The molecule has 0 aromatic rings. The molecule has 1 unspecified atom stereocenters.